The molecule has 0 fully saturated rings. The molecule has 1 rings (SSSR count). The number of nitrogen functional groups attached to an aromatic ring is 1. The fourth-order valence-corrected chi connectivity index (χ4v) is 2.89. The molecule has 0 aliphatic heterocycles. The Morgan fingerprint density at radius 2 is 2.10 bits per heavy atom. The smallest absolute Gasteiger partial charge is 0.235 e. The van der Waals surface area contributed by atoms with Crippen LogP contribution in [0, 0.1) is 0 Å². The van der Waals surface area contributed by atoms with Crippen molar-refractivity contribution in [1.29, 1.82) is 0 Å². The second-order valence-corrected chi connectivity index (χ2v) is 6.50. The average Bonchev–Trinajstić information content (AvgIpc) is 2.38. The summed E-state index contributed by atoms with van der Waals surface area (Å²) in [5, 5.41) is 2.61. The van der Waals surface area contributed by atoms with Crippen molar-refractivity contribution >= 4 is 21.4 Å². The van der Waals surface area contributed by atoms with Gasteiger partial charge < -0.3 is 15.8 Å². The third-order valence-corrected chi connectivity index (χ3v) is 4.56. The summed E-state index contributed by atoms with van der Waals surface area (Å²) in [6.45, 7) is 3.71. The Bertz CT molecular complexity index is 584. The van der Waals surface area contributed by atoms with E-state index in [1.54, 1.807) is 6.07 Å². The minimum atomic E-state index is -3.79. The molecule has 0 aliphatic rings. The van der Waals surface area contributed by atoms with Crippen LogP contribution in [-0.2, 0) is 14.6 Å². The lowest BCUT2D eigenvalue weighted by atomic mass is 10.3. The van der Waals surface area contributed by atoms with Crippen LogP contribution in [0.3, 0.4) is 0 Å². The highest BCUT2D eigenvalue weighted by Gasteiger charge is 2.23. The summed E-state index contributed by atoms with van der Waals surface area (Å²) in [6.07, 6.45) is 0.729. The number of carbonyl (C=O) groups excluding carboxylic acids is 1. The van der Waals surface area contributed by atoms with E-state index >= 15 is 0 Å². The van der Waals surface area contributed by atoms with Gasteiger partial charge in [-0.05, 0) is 25.5 Å². The molecule has 1 amide bonds. The minimum Gasteiger partial charge on any atom is -0.497 e. The molecule has 0 spiro atoms. The molecule has 1 atom stereocenters. The molecule has 0 saturated heterocycles. The van der Waals surface area contributed by atoms with Crippen LogP contribution in [0.2, 0.25) is 0 Å². The molecule has 0 saturated carbocycles. The number of carbonyl (C=O) groups is 1. The van der Waals surface area contributed by atoms with Crippen molar-refractivity contribution in [1.82, 2.24) is 5.32 Å². The summed E-state index contributed by atoms with van der Waals surface area (Å²) in [7, 11) is -2.37. The van der Waals surface area contributed by atoms with E-state index in [9.17, 15) is 13.2 Å². The Morgan fingerprint density at radius 1 is 1.45 bits per heavy atom. The number of hydrogen-bond acceptors (Lipinski definition) is 5. The van der Waals surface area contributed by atoms with Crippen LogP contribution in [0.25, 0.3) is 0 Å². The molecular weight excluding hydrogens is 280 g/mol. The van der Waals surface area contributed by atoms with E-state index < -0.39 is 21.5 Å². The van der Waals surface area contributed by atoms with Gasteiger partial charge in [0.15, 0.2) is 9.84 Å². The van der Waals surface area contributed by atoms with Crippen LogP contribution in [0.4, 0.5) is 5.69 Å². The number of benzene rings is 1. The van der Waals surface area contributed by atoms with E-state index in [-0.39, 0.29) is 16.6 Å². The van der Waals surface area contributed by atoms with Crippen molar-refractivity contribution in [3.63, 3.8) is 0 Å². The van der Waals surface area contributed by atoms with Crippen LogP contribution in [0.1, 0.15) is 20.3 Å². The Hall–Kier alpha value is -1.76. The highest BCUT2D eigenvalue weighted by Crippen LogP contribution is 2.24. The topological polar surface area (TPSA) is 98.5 Å². The first-order chi connectivity index (χ1) is 9.30. The zero-order valence-corrected chi connectivity index (χ0v) is 12.7. The lowest BCUT2D eigenvalue weighted by molar-refractivity contribution is -0.119. The minimum absolute atomic E-state index is 0.0691. The molecule has 20 heavy (non-hydrogen) atoms. The van der Waals surface area contributed by atoms with Crippen molar-refractivity contribution in [2.45, 2.75) is 31.2 Å². The Kier molecular flexibility index (Phi) is 5.38. The van der Waals surface area contributed by atoms with Crippen molar-refractivity contribution in [3.8, 4) is 5.75 Å². The monoisotopic (exact) mass is 300 g/mol. The predicted molar refractivity (Wildman–Crippen MR) is 77.4 cm³/mol. The van der Waals surface area contributed by atoms with Gasteiger partial charge >= 0.3 is 0 Å². The van der Waals surface area contributed by atoms with E-state index in [0.717, 1.165) is 6.42 Å². The molecule has 6 nitrogen and oxygen atoms in total. The summed E-state index contributed by atoms with van der Waals surface area (Å²) in [6, 6.07) is 4.26. The molecule has 0 radical (unpaired) electrons. The van der Waals surface area contributed by atoms with Crippen molar-refractivity contribution < 1.29 is 17.9 Å². The number of methoxy groups -OCH3 is 1. The fourth-order valence-electron chi connectivity index (χ4n) is 1.58. The molecule has 1 aromatic rings. The number of nitrogens with two attached hydrogens (primary N) is 1. The Labute approximate surface area is 119 Å². The maximum atomic E-state index is 12.2. The van der Waals surface area contributed by atoms with Gasteiger partial charge in [0.2, 0.25) is 5.91 Å². The molecule has 0 aromatic heterocycles. The van der Waals surface area contributed by atoms with Gasteiger partial charge in [-0.1, -0.05) is 6.92 Å². The second kappa shape index (κ2) is 6.60. The van der Waals surface area contributed by atoms with Crippen molar-refractivity contribution in [3.05, 3.63) is 18.2 Å². The van der Waals surface area contributed by atoms with Gasteiger partial charge in [-0.25, -0.2) is 8.42 Å². The summed E-state index contributed by atoms with van der Waals surface area (Å²) >= 11 is 0. The quantitative estimate of drug-likeness (QED) is 0.763. The highest BCUT2D eigenvalue weighted by molar-refractivity contribution is 7.92. The predicted octanol–water partition coefficient (Wildman–Crippen LogP) is 0.966. The first-order valence-corrected chi connectivity index (χ1v) is 7.91. The third-order valence-electron chi connectivity index (χ3n) is 2.90. The standard InChI is InChI=1S/C13H20N2O4S/c1-4-9(2)15-13(16)8-20(17,18)12-7-10(19-3)5-6-11(12)14/h5-7,9H,4,8,14H2,1-3H3,(H,15,16). The van der Waals surface area contributed by atoms with E-state index in [2.05, 4.69) is 5.32 Å². The van der Waals surface area contributed by atoms with E-state index in [4.69, 9.17) is 10.5 Å². The second-order valence-electron chi connectivity index (χ2n) is 4.54. The fraction of sp³-hybridized carbons (Fsp3) is 0.462. The lowest BCUT2D eigenvalue weighted by Crippen LogP contribution is -2.36. The molecule has 0 heterocycles. The average molecular weight is 300 g/mol. The summed E-state index contributed by atoms with van der Waals surface area (Å²) < 4.78 is 29.4. The SMILES string of the molecule is CCC(C)NC(=O)CS(=O)(=O)c1cc(OC)ccc1N. The number of amides is 1. The van der Waals surface area contributed by atoms with E-state index in [0.29, 0.717) is 5.75 Å². The van der Waals surface area contributed by atoms with Gasteiger partial charge in [0.1, 0.15) is 11.5 Å². The van der Waals surface area contributed by atoms with Crippen molar-refractivity contribution in [2.75, 3.05) is 18.6 Å². The zero-order valence-electron chi connectivity index (χ0n) is 11.8. The van der Waals surface area contributed by atoms with Gasteiger partial charge in [0.05, 0.1) is 17.7 Å². The molecule has 112 valence electrons. The van der Waals surface area contributed by atoms with Gasteiger partial charge in [-0.2, -0.15) is 0 Å². The highest BCUT2D eigenvalue weighted by atomic mass is 32.2. The van der Waals surface area contributed by atoms with E-state index in [1.165, 1.54) is 19.2 Å². The molecular formula is C13H20N2O4S. The summed E-state index contributed by atoms with van der Waals surface area (Å²) in [5.41, 5.74) is 5.77. The molecule has 1 unspecified atom stereocenters. The number of nitrogens with one attached hydrogen (secondary N) is 1. The Balaban J connectivity index is 2.97. The first kappa shape index (κ1) is 16.3. The maximum Gasteiger partial charge on any atom is 0.235 e. The van der Waals surface area contributed by atoms with Crippen LogP contribution < -0.4 is 15.8 Å². The largest absolute Gasteiger partial charge is 0.497 e. The molecule has 3 N–H and O–H groups in total. The molecule has 1 aromatic carbocycles. The number of rotatable bonds is 6. The number of anilines is 1. The normalized spacial score (nSPS) is 12.8. The number of sulfone groups is 1. The Morgan fingerprint density at radius 3 is 2.65 bits per heavy atom. The van der Waals surface area contributed by atoms with Crippen LogP contribution in [-0.4, -0.2) is 33.2 Å². The van der Waals surface area contributed by atoms with Crippen molar-refractivity contribution in [2.24, 2.45) is 0 Å². The van der Waals surface area contributed by atoms with Crippen LogP contribution in [0.5, 0.6) is 5.75 Å². The zero-order chi connectivity index (χ0) is 15.3. The van der Waals surface area contributed by atoms with Crippen LogP contribution in [0.15, 0.2) is 23.1 Å². The summed E-state index contributed by atoms with van der Waals surface area (Å²) in [4.78, 5) is 11.6. The van der Waals surface area contributed by atoms with Gasteiger partial charge in [-0.3, -0.25) is 4.79 Å². The third kappa shape index (κ3) is 4.12. The van der Waals surface area contributed by atoms with Gasteiger partial charge in [0, 0.05) is 12.1 Å². The molecule has 0 aliphatic carbocycles. The van der Waals surface area contributed by atoms with Gasteiger partial charge in [0.25, 0.3) is 0 Å². The summed E-state index contributed by atoms with van der Waals surface area (Å²) in [5.74, 6) is -0.795. The maximum absolute atomic E-state index is 12.2. The lowest BCUT2D eigenvalue weighted by Gasteiger charge is -2.13. The number of hydrogen-bond donors (Lipinski definition) is 2. The van der Waals surface area contributed by atoms with E-state index in [1.807, 2.05) is 13.8 Å². The number of ether oxygens (including phenoxy) is 1. The van der Waals surface area contributed by atoms with Crippen LogP contribution >= 0.6 is 0 Å². The van der Waals surface area contributed by atoms with Gasteiger partial charge in [-0.15, -0.1) is 0 Å². The molecule has 0 bridgehead atoms. The first-order valence-electron chi connectivity index (χ1n) is 6.25. The molecule has 7 heteroatoms.